The predicted molar refractivity (Wildman–Crippen MR) is 106 cm³/mol. The Balaban J connectivity index is 2.63. The lowest BCUT2D eigenvalue weighted by Crippen LogP contribution is -2.17. The third kappa shape index (κ3) is 4.80. The molecule has 1 aliphatic rings. The van der Waals surface area contributed by atoms with Crippen molar-refractivity contribution in [2.75, 3.05) is 21.0 Å². The highest BCUT2D eigenvalue weighted by Gasteiger charge is 2.27. The molecule has 0 fully saturated rings. The molecule has 0 bridgehead atoms. The maximum Gasteiger partial charge on any atom is 0.308 e. The van der Waals surface area contributed by atoms with E-state index in [0.29, 0.717) is 11.5 Å². The number of benzene rings is 1. The van der Waals surface area contributed by atoms with Crippen molar-refractivity contribution < 1.29 is 23.7 Å². The normalized spacial score (nSPS) is 14.1. The van der Waals surface area contributed by atoms with Gasteiger partial charge in [-0.3, -0.25) is 4.79 Å². The van der Waals surface area contributed by atoms with Gasteiger partial charge in [0.2, 0.25) is 0 Å². The van der Waals surface area contributed by atoms with Crippen LogP contribution in [0.15, 0.2) is 42.7 Å². The first-order chi connectivity index (χ1) is 12.8. The van der Waals surface area contributed by atoms with Gasteiger partial charge in [-0.25, -0.2) is 0 Å². The Hall–Kier alpha value is -2.53. The van der Waals surface area contributed by atoms with E-state index in [-0.39, 0.29) is 12.8 Å². The lowest BCUT2D eigenvalue weighted by molar-refractivity contribution is -0.131. The molecule has 0 aromatic heterocycles. The van der Waals surface area contributed by atoms with Gasteiger partial charge in [-0.15, -0.1) is 6.58 Å². The number of rotatable bonds is 8. The summed E-state index contributed by atoms with van der Waals surface area (Å²) in [6, 6.07) is 3.74. The van der Waals surface area contributed by atoms with Crippen molar-refractivity contribution in [2.24, 2.45) is 0 Å². The fourth-order valence-electron chi connectivity index (χ4n) is 2.95. The Morgan fingerprint density at radius 3 is 2.48 bits per heavy atom. The second kappa shape index (κ2) is 8.91. The Kier molecular flexibility index (Phi) is 6.86. The number of hydrogen-bond acceptors (Lipinski definition) is 5. The van der Waals surface area contributed by atoms with Gasteiger partial charge >= 0.3 is 5.97 Å². The maximum absolute atomic E-state index is 11.6. The van der Waals surface area contributed by atoms with Crippen LogP contribution in [0.3, 0.4) is 0 Å². The molecule has 5 heteroatoms. The quantitative estimate of drug-likeness (QED) is 0.285. The van der Waals surface area contributed by atoms with Crippen LogP contribution >= 0.6 is 0 Å². The third-order valence-corrected chi connectivity index (χ3v) is 4.49. The van der Waals surface area contributed by atoms with Crippen molar-refractivity contribution in [1.29, 1.82) is 0 Å². The Morgan fingerprint density at radius 2 is 1.89 bits per heavy atom. The fourth-order valence-corrected chi connectivity index (χ4v) is 2.95. The summed E-state index contributed by atoms with van der Waals surface area (Å²) >= 11 is 0. The average molecular weight is 372 g/mol. The first-order valence-corrected chi connectivity index (χ1v) is 8.91. The van der Waals surface area contributed by atoms with Crippen molar-refractivity contribution in [2.45, 2.75) is 39.0 Å². The molecule has 0 amide bonds. The van der Waals surface area contributed by atoms with Crippen LogP contribution in [0.2, 0.25) is 0 Å². The van der Waals surface area contributed by atoms with Crippen LogP contribution in [-0.4, -0.2) is 27.0 Å². The first kappa shape index (κ1) is 20.8. The van der Waals surface area contributed by atoms with Gasteiger partial charge in [-0.05, 0) is 25.0 Å². The molecule has 5 nitrogen and oxygen atoms in total. The van der Waals surface area contributed by atoms with E-state index in [4.69, 9.17) is 18.9 Å². The lowest BCUT2D eigenvalue weighted by atomic mass is 9.82. The SMILES string of the molecule is C=CC(C)(C)c1cc(C2=CCCC=C2OCOC)c(OC)cc1OC(C)=O. The number of ether oxygens (including phenoxy) is 4. The van der Waals surface area contributed by atoms with E-state index in [0.717, 1.165) is 35.3 Å². The molecule has 1 aromatic carbocycles. The molecule has 2 rings (SSSR count). The van der Waals surface area contributed by atoms with Gasteiger partial charge in [0.05, 0.1) is 7.11 Å². The topological polar surface area (TPSA) is 54.0 Å². The molecule has 0 aliphatic heterocycles. The zero-order valence-electron chi connectivity index (χ0n) is 16.8. The maximum atomic E-state index is 11.6. The molecule has 0 spiro atoms. The Morgan fingerprint density at radius 1 is 1.19 bits per heavy atom. The van der Waals surface area contributed by atoms with Crippen LogP contribution in [-0.2, 0) is 19.7 Å². The van der Waals surface area contributed by atoms with Crippen LogP contribution in [0.25, 0.3) is 5.57 Å². The Labute approximate surface area is 161 Å². The Bertz CT molecular complexity index is 771. The van der Waals surface area contributed by atoms with Gasteiger partial charge in [0.15, 0.2) is 6.79 Å². The van der Waals surface area contributed by atoms with Gasteiger partial charge in [0.1, 0.15) is 17.3 Å². The summed E-state index contributed by atoms with van der Waals surface area (Å²) in [4.78, 5) is 11.6. The summed E-state index contributed by atoms with van der Waals surface area (Å²) in [5, 5.41) is 0. The molecule has 0 N–H and O–H groups in total. The summed E-state index contributed by atoms with van der Waals surface area (Å²) in [6.45, 7) is 9.52. The van der Waals surface area contributed by atoms with Gasteiger partial charge in [-0.1, -0.05) is 26.0 Å². The minimum absolute atomic E-state index is 0.169. The monoisotopic (exact) mass is 372 g/mol. The summed E-state index contributed by atoms with van der Waals surface area (Å²) < 4.78 is 21.9. The molecular formula is C22H28O5. The van der Waals surface area contributed by atoms with Gasteiger partial charge < -0.3 is 18.9 Å². The minimum Gasteiger partial charge on any atom is -0.496 e. The lowest BCUT2D eigenvalue weighted by Gasteiger charge is -2.26. The van der Waals surface area contributed by atoms with Crippen molar-refractivity contribution in [3.8, 4) is 11.5 Å². The molecule has 0 heterocycles. The number of allylic oxidation sites excluding steroid dienone is 4. The highest BCUT2D eigenvalue weighted by atomic mass is 16.7. The average Bonchev–Trinajstić information content (AvgIpc) is 2.65. The molecule has 0 atom stereocenters. The number of methoxy groups -OCH3 is 2. The number of esters is 1. The highest BCUT2D eigenvalue weighted by molar-refractivity contribution is 5.83. The number of carbonyl (C=O) groups excluding carboxylic acids is 1. The van der Waals surface area contributed by atoms with E-state index in [1.165, 1.54) is 6.92 Å². The summed E-state index contributed by atoms with van der Waals surface area (Å²) in [7, 11) is 3.18. The zero-order valence-corrected chi connectivity index (χ0v) is 16.8. The molecule has 1 aromatic rings. The zero-order chi connectivity index (χ0) is 20.0. The standard InChI is InChI=1S/C22H28O5/c1-7-22(3,4)18-12-17(20(25-6)13-21(18)27-15(2)23)16-10-8-9-11-19(16)26-14-24-5/h7,10-13H,1,8-9,14H2,2-6H3. The molecule has 146 valence electrons. The van der Waals surface area contributed by atoms with E-state index in [9.17, 15) is 4.79 Å². The predicted octanol–water partition coefficient (Wildman–Crippen LogP) is 4.77. The van der Waals surface area contributed by atoms with Gasteiger partial charge in [0.25, 0.3) is 0 Å². The first-order valence-electron chi connectivity index (χ1n) is 8.91. The van der Waals surface area contributed by atoms with Crippen molar-refractivity contribution in [3.63, 3.8) is 0 Å². The third-order valence-electron chi connectivity index (χ3n) is 4.49. The van der Waals surface area contributed by atoms with E-state index in [1.807, 2.05) is 32.1 Å². The number of carbonyl (C=O) groups is 1. The largest absolute Gasteiger partial charge is 0.496 e. The molecule has 27 heavy (non-hydrogen) atoms. The van der Waals surface area contributed by atoms with E-state index < -0.39 is 5.41 Å². The minimum atomic E-state index is -0.404. The molecule has 1 aliphatic carbocycles. The molecule has 0 saturated carbocycles. The molecule has 0 unspecified atom stereocenters. The summed E-state index contributed by atoms with van der Waals surface area (Å²) in [6.07, 6.45) is 7.82. The van der Waals surface area contributed by atoms with Crippen molar-refractivity contribution in [1.82, 2.24) is 0 Å². The van der Waals surface area contributed by atoms with Crippen molar-refractivity contribution >= 4 is 11.5 Å². The van der Waals surface area contributed by atoms with Crippen LogP contribution in [0.4, 0.5) is 0 Å². The molecular weight excluding hydrogens is 344 g/mol. The summed E-state index contributed by atoms with van der Waals surface area (Å²) in [5.74, 6) is 1.44. The van der Waals surface area contributed by atoms with E-state index in [1.54, 1.807) is 20.3 Å². The van der Waals surface area contributed by atoms with Crippen LogP contribution in [0.5, 0.6) is 11.5 Å². The smallest absolute Gasteiger partial charge is 0.308 e. The summed E-state index contributed by atoms with van der Waals surface area (Å²) in [5.41, 5.74) is 2.25. The second-order valence-corrected chi connectivity index (χ2v) is 6.88. The van der Waals surface area contributed by atoms with Crippen LogP contribution < -0.4 is 9.47 Å². The van der Waals surface area contributed by atoms with Crippen LogP contribution in [0, 0.1) is 0 Å². The van der Waals surface area contributed by atoms with Gasteiger partial charge in [-0.2, -0.15) is 0 Å². The molecule has 0 radical (unpaired) electrons. The molecule has 0 saturated heterocycles. The van der Waals surface area contributed by atoms with Crippen LogP contribution in [0.1, 0.15) is 44.7 Å². The second-order valence-electron chi connectivity index (χ2n) is 6.88. The fraction of sp³-hybridized carbons (Fsp3) is 0.409. The van der Waals surface area contributed by atoms with E-state index in [2.05, 4.69) is 12.7 Å². The number of hydrogen-bond donors (Lipinski definition) is 0. The van der Waals surface area contributed by atoms with E-state index >= 15 is 0 Å². The highest BCUT2D eigenvalue weighted by Crippen LogP contribution is 2.42. The van der Waals surface area contributed by atoms with Gasteiger partial charge in [0, 0.05) is 42.2 Å². The van der Waals surface area contributed by atoms with Crippen molar-refractivity contribution in [3.05, 3.63) is 53.8 Å².